The lowest BCUT2D eigenvalue weighted by Crippen LogP contribution is -2.39. The van der Waals surface area contributed by atoms with Crippen LogP contribution in [0.5, 0.6) is 0 Å². The van der Waals surface area contributed by atoms with Gasteiger partial charge in [-0.1, -0.05) is 0 Å². The predicted octanol–water partition coefficient (Wildman–Crippen LogP) is 1.65. The summed E-state index contributed by atoms with van der Waals surface area (Å²) in [4.78, 5) is 13.5. The summed E-state index contributed by atoms with van der Waals surface area (Å²) in [6, 6.07) is 2.68. The molecule has 0 radical (unpaired) electrons. The van der Waals surface area contributed by atoms with Gasteiger partial charge in [0.25, 0.3) is 0 Å². The highest BCUT2D eigenvalue weighted by molar-refractivity contribution is 5.83. The van der Waals surface area contributed by atoms with Crippen molar-refractivity contribution in [2.45, 2.75) is 19.9 Å². The quantitative estimate of drug-likeness (QED) is 0.888. The van der Waals surface area contributed by atoms with Crippen molar-refractivity contribution in [3.63, 3.8) is 0 Å². The van der Waals surface area contributed by atoms with Crippen LogP contribution in [-0.2, 0) is 11.3 Å². The van der Waals surface area contributed by atoms with Gasteiger partial charge in [-0.15, -0.1) is 0 Å². The molecule has 0 saturated carbocycles. The van der Waals surface area contributed by atoms with Gasteiger partial charge in [-0.25, -0.2) is 8.78 Å². The van der Waals surface area contributed by atoms with Crippen LogP contribution >= 0.6 is 0 Å². The maximum Gasteiger partial charge on any atom is 0.227 e. The van der Waals surface area contributed by atoms with Crippen molar-refractivity contribution >= 4 is 11.6 Å². The Labute approximate surface area is 123 Å². The minimum Gasteiger partial charge on any atom is -0.366 e. The van der Waals surface area contributed by atoms with Crippen molar-refractivity contribution in [1.29, 1.82) is 0 Å². The normalized spacial score (nSPS) is 21.7. The third-order valence-corrected chi connectivity index (χ3v) is 4.02. The maximum atomic E-state index is 14.2. The highest BCUT2D eigenvalue weighted by Crippen LogP contribution is 2.36. The van der Waals surface area contributed by atoms with Crippen LogP contribution in [0.15, 0.2) is 12.1 Å². The van der Waals surface area contributed by atoms with Gasteiger partial charge >= 0.3 is 0 Å². The number of benzene rings is 1. The van der Waals surface area contributed by atoms with Crippen LogP contribution in [0.4, 0.5) is 14.5 Å². The summed E-state index contributed by atoms with van der Waals surface area (Å²) in [5.41, 5.74) is -0.0935. The molecule has 1 amide bonds. The predicted molar refractivity (Wildman–Crippen MR) is 78.1 cm³/mol. The zero-order valence-electron chi connectivity index (χ0n) is 12.6. The van der Waals surface area contributed by atoms with Crippen LogP contribution in [0.2, 0.25) is 0 Å². The Bertz CT molecular complexity index is 527. The smallest absolute Gasteiger partial charge is 0.227 e. The molecule has 1 aromatic carbocycles. The zero-order valence-corrected chi connectivity index (χ0v) is 12.6. The van der Waals surface area contributed by atoms with Gasteiger partial charge in [-0.2, -0.15) is 0 Å². The van der Waals surface area contributed by atoms with E-state index in [1.807, 2.05) is 6.92 Å². The van der Waals surface area contributed by atoms with E-state index in [0.717, 1.165) is 0 Å². The van der Waals surface area contributed by atoms with Crippen molar-refractivity contribution < 1.29 is 13.6 Å². The summed E-state index contributed by atoms with van der Waals surface area (Å²) in [5.74, 6) is -1.26. The minimum absolute atomic E-state index is 0.0394. The molecular formula is C15H21F2N3O. The fraction of sp³-hybridized carbons (Fsp3) is 0.533. The van der Waals surface area contributed by atoms with Gasteiger partial charge < -0.3 is 15.5 Å². The van der Waals surface area contributed by atoms with Crippen LogP contribution in [0.25, 0.3) is 0 Å². The molecule has 0 aliphatic carbocycles. The van der Waals surface area contributed by atoms with Gasteiger partial charge in [0, 0.05) is 26.7 Å². The van der Waals surface area contributed by atoms with Gasteiger partial charge in [0.2, 0.25) is 5.91 Å². The summed E-state index contributed by atoms with van der Waals surface area (Å²) in [5, 5.41) is 5.48. The van der Waals surface area contributed by atoms with E-state index < -0.39 is 17.0 Å². The molecule has 2 rings (SSSR count). The van der Waals surface area contributed by atoms with E-state index in [1.165, 1.54) is 12.1 Å². The first-order valence-electron chi connectivity index (χ1n) is 7.01. The molecule has 1 aromatic rings. The molecular weight excluding hydrogens is 276 g/mol. The average Bonchev–Trinajstić information content (AvgIpc) is 2.81. The van der Waals surface area contributed by atoms with E-state index in [-0.39, 0.29) is 11.6 Å². The molecule has 21 heavy (non-hydrogen) atoms. The number of hydrogen-bond acceptors (Lipinski definition) is 3. The average molecular weight is 297 g/mol. The van der Waals surface area contributed by atoms with Crippen LogP contribution < -0.4 is 15.5 Å². The number of carbonyl (C=O) groups is 1. The van der Waals surface area contributed by atoms with Gasteiger partial charge in [0.05, 0.1) is 5.41 Å². The third-order valence-electron chi connectivity index (χ3n) is 4.02. The second kappa shape index (κ2) is 5.97. The molecule has 1 aliphatic heterocycles. The number of amides is 1. The molecule has 1 saturated heterocycles. The zero-order chi connectivity index (χ0) is 15.6. The van der Waals surface area contributed by atoms with Crippen molar-refractivity contribution in [2.75, 3.05) is 32.1 Å². The number of rotatable bonds is 4. The Balaban J connectivity index is 2.26. The highest BCUT2D eigenvalue weighted by Gasteiger charge is 2.41. The Hall–Kier alpha value is -1.69. The molecule has 1 unspecified atom stereocenters. The molecule has 2 N–H and O–H groups in total. The Kier molecular flexibility index (Phi) is 4.46. The van der Waals surface area contributed by atoms with Gasteiger partial charge in [-0.05, 0) is 38.1 Å². The lowest BCUT2D eigenvalue weighted by atomic mass is 9.89. The lowest BCUT2D eigenvalue weighted by molar-refractivity contribution is -0.128. The standard InChI is InChI=1S/C15H21F2N3O/c1-15(14(21)19-3)4-5-20(9-15)13-11(16)6-10(8-18-2)7-12(13)17/h6-7,18H,4-5,8-9H2,1-3H3,(H,19,21). The van der Waals surface area contributed by atoms with E-state index >= 15 is 0 Å². The fourth-order valence-electron chi connectivity index (χ4n) is 2.87. The van der Waals surface area contributed by atoms with Gasteiger partial charge in [0.15, 0.2) is 0 Å². The molecule has 1 heterocycles. The number of nitrogens with one attached hydrogen (secondary N) is 2. The van der Waals surface area contributed by atoms with Gasteiger partial charge in [0.1, 0.15) is 17.3 Å². The molecule has 0 aromatic heterocycles. The second-order valence-electron chi connectivity index (χ2n) is 5.75. The third kappa shape index (κ3) is 3.00. The Morgan fingerprint density at radius 3 is 2.48 bits per heavy atom. The molecule has 0 spiro atoms. The first kappa shape index (κ1) is 15.7. The topological polar surface area (TPSA) is 44.4 Å². The maximum absolute atomic E-state index is 14.2. The molecule has 1 aliphatic rings. The van der Waals surface area contributed by atoms with Crippen molar-refractivity contribution in [3.05, 3.63) is 29.3 Å². The molecule has 4 nitrogen and oxygen atoms in total. The molecule has 116 valence electrons. The second-order valence-corrected chi connectivity index (χ2v) is 5.75. The van der Waals surface area contributed by atoms with E-state index in [4.69, 9.17) is 0 Å². The number of nitrogens with zero attached hydrogens (tertiary/aromatic N) is 1. The summed E-state index contributed by atoms with van der Waals surface area (Å²) in [7, 11) is 3.29. The first-order chi connectivity index (χ1) is 9.91. The molecule has 0 bridgehead atoms. The first-order valence-corrected chi connectivity index (χ1v) is 7.01. The van der Waals surface area contributed by atoms with Crippen LogP contribution in [-0.4, -0.2) is 33.1 Å². The largest absolute Gasteiger partial charge is 0.366 e. The van der Waals surface area contributed by atoms with E-state index in [2.05, 4.69) is 10.6 Å². The van der Waals surface area contributed by atoms with Gasteiger partial charge in [-0.3, -0.25) is 4.79 Å². The van der Waals surface area contributed by atoms with Crippen LogP contribution in [0.1, 0.15) is 18.9 Å². The van der Waals surface area contributed by atoms with E-state index in [0.29, 0.717) is 31.6 Å². The van der Waals surface area contributed by atoms with Crippen molar-refractivity contribution in [1.82, 2.24) is 10.6 Å². The van der Waals surface area contributed by atoms with E-state index in [1.54, 1.807) is 19.0 Å². The van der Waals surface area contributed by atoms with Crippen LogP contribution in [0.3, 0.4) is 0 Å². The summed E-state index contributed by atoms with van der Waals surface area (Å²) < 4.78 is 28.4. The molecule has 1 fully saturated rings. The van der Waals surface area contributed by atoms with Crippen LogP contribution in [0, 0.1) is 17.0 Å². The highest BCUT2D eigenvalue weighted by atomic mass is 19.1. The van der Waals surface area contributed by atoms with Crippen molar-refractivity contribution in [2.24, 2.45) is 5.41 Å². The Morgan fingerprint density at radius 1 is 1.33 bits per heavy atom. The number of halogens is 2. The Morgan fingerprint density at radius 2 is 1.95 bits per heavy atom. The minimum atomic E-state index is -0.614. The molecule has 6 heteroatoms. The summed E-state index contributed by atoms with van der Waals surface area (Å²) in [6.07, 6.45) is 0.573. The summed E-state index contributed by atoms with van der Waals surface area (Å²) >= 11 is 0. The van der Waals surface area contributed by atoms with E-state index in [9.17, 15) is 13.6 Å². The number of anilines is 1. The molecule has 1 atom stereocenters. The van der Waals surface area contributed by atoms with Crippen molar-refractivity contribution in [3.8, 4) is 0 Å². The fourth-order valence-corrected chi connectivity index (χ4v) is 2.87. The monoisotopic (exact) mass is 297 g/mol. The summed E-state index contributed by atoms with van der Waals surface area (Å²) in [6.45, 7) is 3.00. The lowest BCUT2D eigenvalue weighted by Gasteiger charge is -2.24. The SMILES string of the molecule is CNCc1cc(F)c(N2CCC(C)(C(=O)NC)C2)c(F)c1. The number of carbonyl (C=O) groups excluding carboxylic acids is 1. The number of hydrogen-bond donors (Lipinski definition) is 2.